The van der Waals surface area contributed by atoms with Crippen LogP contribution in [-0.4, -0.2) is 35.0 Å². The molecule has 5 nitrogen and oxygen atoms in total. The first-order valence-electron chi connectivity index (χ1n) is 7.87. The van der Waals surface area contributed by atoms with Gasteiger partial charge in [0.05, 0.1) is 6.54 Å². The first kappa shape index (κ1) is 17.3. The second kappa shape index (κ2) is 7.99. The van der Waals surface area contributed by atoms with Gasteiger partial charge in [0, 0.05) is 25.4 Å². The van der Waals surface area contributed by atoms with Gasteiger partial charge in [0.2, 0.25) is 5.88 Å². The van der Waals surface area contributed by atoms with Crippen LogP contribution in [0.4, 0.5) is 0 Å². The lowest BCUT2D eigenvalue weighted by atomic mass is 10.2. The summed E-state index contributed by atoms with van der Waals surface area (Å²) in [6, 6.07) is 4.54. The molecule has 0 radical (unpaired) electrons. The Labute approximate surface area is 149 Å². The van der Waals surface area contributed by atoms with E-state index < -0.39 is 0 Å². The number of nitrogens with zero attached hydrogens (tertiary/aromatic N) is 3. The second-order valence-electron chi connectivity index (χ2n) is 6.04. The van der Waals surface area contributed by atoms with Crippen molar-refractivity contribution in [1.82, 2.24) is 9.88 Å². The van der Waals surface area contributed by atoms with Crippen molar-refractivity contribution in [2.45, 2.75) is 57.2 Å². The molecule has 122 valence electrons. The molecule has 0 atom stereocenters. The van der Waals surface area contributed by atoms with Gasteiger partial charge in [-0.25, -0.2) is 9.98 Å². The minimum absolute atomic E-state index is 0. The van der Waals surface area contributed by atoms with E-state index in [-0.39, 0.29) is 24.0 Å². The molecular weight excluding hydrogens is 391 g/mol. The molecule has 2 fully saturated rings. The van der Waals surface area contributed by atoms with Gasteiger partial charge in [-0.3, -0.25) is 0 Å². The summed E-state index contributed by atoms with van der Waals surface area (Å²) >= 11 is 0. The van der Waals surface area contributed by atoms with Crippen LogP contribution in [0.3, 0.4) is 0 Å². The zero-order chi connectivity index (χ0) is 14.7. The molecule has 0 bridgehead atoms. The van der Waals surface area contributed by atoms with Gasteiger partial charge in [-0.2, -0.15) is 0 Å². The predicted molar refractivity (Wildman–Crippen MR) is 98.6 cm³/mol. The Hall–Kier alpha value is -1.05. The SMILES string of the molecule is CN(C(N)=NCc1ccnc(OC2CCCC2)c1)C1CC1.I. The lowest BCUT2D eigenvalue weighted by Crippen LogP contribution is -2.35. The number of nitrogens with two attached hydrogens (primary N) is 1. The van der Waals surface area contributed by atoms with Gasteiger partial charge in [-0.15, -0.1) is 24.0 Å². The van der Waals surface area contributed by atoms with Crippen LogP contribution < -0.4 is 10.5 Å². The average Bonchev–Trinajstić information content (AvgIpc) is 3.23. The number of guanidine groups is 1. The van der Waals surface area contributed by atoms with Crippen molar-refractivity contribution in [1.29, 1.82) is 0 Å². The fourth-order valence-electron chi connectivity index (χ4n) is 2.72. The minimum atomic E-state index is 0. The molecule has 2 aliphatic rings. The van der Waals surface area contributed by atoms with E-state index in [2.05, 4.69) is 14.9 Å². The molecule has 2 aliphatic carbocycles. The summed E-state index contributed by atoms with van der Waals surface area (Å²) in [5.41, 5.74) is 7.09. The molecule has 22 heavy (non-hydrogen) atoms. The van der Waals surface area contributed by atoms with Crippen LogP contribution in [-0.2, 0) is 6.54 Å². The van der Waals surface area contributed by atoms with Crippen LogP contribution in [0.1, 0.15) is 44.1 Å². The highest BCUT2D eigenvalue weighted by Crippen LogP contribution is 2.25. The van der Waals surface area contributed by atoms with E-state index in [1.807, 2.05) is 19.2 Å². The number of halogens is 1. The van der Waals surface area contributed by atoms with Crippen molar-refractivity contribution in [2.75, 3.05) is 7.05 Å². The van der Waals surface area contributed by atoms with Gasteiger partial charge in [0.15, 0.2) is 5.96 Å². The maximum absolute atomic E-state index is 6.01. The molecule has 2 saturated carbocycles. The number of rotatable bonds is 5. The molecule has 1 aromatic heterocycles. The van der Waals surface area contributed by atoms with Crippen molar-refractivity contribution >= 4 is 29.9 Å². The van der Waals surface area contributed by atoms with Crippen LogP contribution in [0.15, 0.2) is 23.3 Å². The Bertz CT molecular complexity index is 513. The van der Waals surface area contributed by atoms with Gasteiger partial charge in [-0.05, 0) is 50.2 Å². The van der Waals surface area contributed by atoms with Crippen LogP contribution >= 0.6 is 24.0 Å². The fourth-order valence-corrected chi connectivity index (χ4v) is 2.72. The van der Waals surface area contributed by atoms with E-state index in [1.165, 1.54) is 25.7 Å². The molecule has 1 heterocycles. The van der Waals surface area contributed by atoms with E-state index in [4.69, 9.17) is 10.5 Å². The van der Waals surface area contributed by atoms with Gasteiger partial charge < -0.3 is 15.4 Å². The summed E-state index contributed by atoms with van der Waals surface area (Å²) < 4.78 is 5.92. The Morgan fingerprint density at radius 3 is 2.77 bits per heavy atom. The van der Waals surface area contributed by atoms with Crippen LogP contribution in [0, 0.1) is 0 Å². The maximum atomic E-state index is 6.01. The summed E-state index contributed by atoms with van der Waals surface area (Å²) in [5.74, 6) is 1.33. The zero-order valence-electron chi connectivity index (χ0n) is 13.1. The molecule has 3 rings (SSSR count). The van der Waals surface area contributed by atoms with Gasteiger partial charge >= 0.3 is 0 Å². The van der Waals surface area contributed by atoms with Crippen LogP contribution in [0.5, 0.6) is 5.88 Å². The molecule has 0 unspecified atom stereocenters. The number of pyridine rings is 1. The fraction of sp³-hybridized carbons (Fsp3) is 0.625. The molecule has 0 aliphatic heterocycles. The molecule has 1 aromatic rings. The maximum Gasteiger partial charge on any atom is 0.213 e. The summed E-state index contributed by atoms with van der Waals surface area (Å²) in [4.78, 5) is 10.8. The van der Waals surface area contributed by atoms with E-state index in [9.17, 15) is 0 Å². The van der Waals surface area contributed by atoms with Crippen molar-refractivity contribution in [3.63, 3.8) is 0 Å². The lowest BCUT2D eigenvalue weighted by Gasteiger charge is -2.17. The normalized spacial score (nSPS) is 18.9. The van der Waals surface area contributed by atoms with Crippen LogP contribution in [0.25, 0.3) is 0 Å². The summed E-state index contributed by atoms with van der Waals surface area (Å²) in [5, 5.41) is 0. The molecule has 2 N–H and O–H groups in total. The zero-order valence-corrected chi connectivity index (χ0v) is 15.4. The quantitative estimate of drug-likeness (QED) is 0.456. The highest BCUT2D eigenvalue weighted by molar-refractivity contribution is 14.0. The number of hydrogen-bond donors (Lipinski definition) is 1. The minimum Gasteiger partial charge on any atom is -0.474 e. The first-order valence-corrected chi connectivity index (χ1v) is 7.87. The lowest BCUT2D eigenvalue weighted by molar-refractivity contribution is 0.201. The summed E-state index contributed by atoms with van der Waals surface area (Å²) in [7, 11) is 2.01. The number of hydrogen-bond acceptors (Lipinski definition) is 3. The van der Waals surface area contributed by atoms with Crippen molar-refractivity contribution in [3.8, 4) is 5.88 Å². The molecule has 0 spiro atoms. The van der Waals surface area contributed by atoms with Crippen LogP contribution in [0.2, 0.25) is 0 Å². The Balaban J connectivity index is 0.00000176. The Kier molecular flexibility index (Phi) is 6.28. The van der Waals surface area contributed by atoms with E-state index in [0.29, 0.717) is 30.5 Å². The third kappa shape index (κ3) is 4.72. The molecule has 0 aromatic carbocycles. The molecule has 0 amide bonds. The topological polar surface area (TPSA) is 63.7 Å². The van der Waals surface area contributed by atoms with Crippen molar-refractivity contribution in [2.24, 2.45) is 10.7 Å². The number of aromatic nitrogens is 1. The third-order valence-corrected chi connectivity index (χ3v) is 4.27. The number of ether oxygens (including phenoxy) is 1. The second-order valence-corrected chi connectivity index (χ2v) is 6.04. The van der Waals surface area contributed by atoms with E-state index in [0.717, 1.165) is 18.4 Å². The largest absolute Gasteiger partial charge is 0.474 e. The monoisotopic (exact) mass is 416 g/mol. The Morgan fingerprint density at radius 1 is 1.36 bits per heavy atom. The highest BCUT2D eigenvalue weighted by Gasteiger charge is 2.27. The van der Waals surface area contributed by atoms with Gasteiger partial charge in [-0.1, -0.05) is 0 Å². The summed E-state index contributed by atoms with van der Waals surface area (Å²) in [6.45, 7) is 0.576. The smallest absolute Gasteiger partial charge is 0.213 e. The Morgan fingerprint density at radius 2 is 2.09 bits per heavy atom. The van der Waals surface area contributed by atoms with E-state index >= 15 is 0 Å². The third-order valence-electron chi connectivity index (χ3n) is 4.27. The standard InChI is InChI=1S/C16H24N4O.HI/c1-20(13-6-7-13)16(17)19-11-12-8-9-18-15(10-12)21-14-4-2-3-5-14;/h8-10,13-14H,2-7,11H2,1H3,(H2,17,19);1H. The highest BCUT2D eigenvalue weighted by atomic mass is 127. The number of aliphatic imine (C=N–C) groups is 1. The first-order chi connectivity index (χ1) is 10.2. The van der Waals surface area contributed by atoms with Crippen molar-refractivity contribution in [3.05, 3.63) is 23.9 Å². The average molecular weight is 416 g/mol. The molecular formula is C16H25IN4O. The van der Waals surface area contributed by atoms with Crippen molar-refractivity contribution < 1.29 is 4.74 Å². The predicted octanol–water partition coefficient (Wildman–Crippen LogP) is 2.93. The van der Waals surface area contributed by atoms with Gasteiger partial charge in [0.1, 0.15) is 6.10 Å². The molecule has 6 heteroatoms. The molecule has 0 saturated heterocycles. The summed E-state index contributed by atoms with van der Waals surface area (Å²) in [6.07, 6.45) is 9.38. The van der Waals surface area contributed by atoms with Gasteiger partial charge in [0.25, 0.3) is 0 Å². The van der Waals surface area contributed by atoms with E-state index in [1.54, 1.807) is 6.20 Å².